The lowest BCUT2D eigenvalue weighted by atomic mass is 9.95. The van der Waals surface area contributed by atoms with E-state index in [0.717, 1.165) is 27.2 Å². The first-order chi connectivity index (χ1) is 13.6. The topological polar surface area (TPSA) is 22.0 Å². The molecule has 3 aromatic carbocycles. The van der Waals surface area contributed by atoms with E-state index in [1.807, 2.05) is 72.3 Å². The minimum atomic E-state index is -0.818. The summed E-state index contributed by atoms with van der Waals surface area (Å²) in [5.41, 5.74) is 3.52. The highest BCUT2D eigenvalue weighted by Gasteiger charge is 2.19. The molecule has 1 heterocycles. The van der Waals surface area contributed by atoms with E-state index in [4.69, 9.17) is 0 Å². The summed E-state index contributed by atoms with van der Waals surface area (Å²) in [7, 11) is 0. The predicted octanol–water partition coefficient (Wildman–Crippen LogP) is 6.47. The molecule has 0 fully saturated rings. The molecule has 0 spiro atoms. The van der Waals surface area contributed by atoms with Crippen LogP contribution < -0.4 is 0 Å². The largest absolute Gasteiger partial charge is 0.347 e. The molecule has 0 amide bonds. The number of hydrogen-bond donors (Lipinski definition) is 0. The molecule has 0 radical (unpaired) electrons. The van der Waals surface area contributed by atoms with Gasteiger partial charge < -0.3 is 4.57 Å². The number of carbonyl (C=O) groups is 1. The fourth-order valence-electron chi connectivity index (χ4n) is 3.89. The third-order valence-corrected chi connectivity index (χ3v) is 5.55. The number of fused-ring (bicyclic) bond motifs is 2. The molecule has 142 valence electrons. The fourth-order valence-corrected chi connectivity index (χ4v) is 3.89. The van der Waals surface area contributed by atoms with E-state index in [1.54, 1.807) is 0 Å². The number of carbonyl (C=O) groups excluding carboxylic acids is 1. The Hall–Kier alpha value is -2.94. The van der Waals surface area contributed by atoms with Gasteiger partial charge in [0, 0.05) is 34.8 Å². The van der Waals surface area contributed by atoms with Crippen molar-refractivity contribution in [2.24, 2.45) is 0 Å². The van der Waals surface area contributed by atoms with E-state index >= 15 is 0 Å². The first-order valence-corrected chi connectivity index (χ1v) is 9.85. The maximum absolute atomic E-state index is 13.8. The van der Waals surface area contributed by atoms with Crippen molar-refractivity contribution in [1.29, 1.82) is 0 Å². The number of halogens is 1. The van der Waals surface area contributed by atoms with Gasteiger partial charge in [-0.25, -0.2) is 4.39 Å². The van der Waals surface area contributed by atoms with E-state index in [-0.39, 0.29) is 5.78 Å². The van der Waals surface area contributed by atoms with Gasteiger partial charge in [0.1, 0.15) is 6.17 Å². The molecular formula is C25H24FNO. The Labute approximate surface area is 164 Å². The van der Waals surface area contributed by atoms with Crippen molar-refractivity contribution in [1.82, 2.24) is 4.57 Å². The number of para-hydroxylation sites is 1. The van der Waals surface area contributed by atoms with Crippen LogP contribution in [0.2, 0.25) is 0 Å². The summed E-state index contributed by atoms with van der Waals surface area (Å²) in [6.07, 6.45) is 2.04. The molecule has 4 aromatic rings. The molecule has 0 saturated heterocycles. The van der Waals surface area contributed by atoms with Gasteiger partial charge in [-0.1, -0.05) is 61.5 Å². The molecule has 28 heavy (non-hydrogen) atoms. The predicted molar refractivity (Wildman–Crippen MR) is 114 cm³/mol. The van der Waals surface area contributed by atoms with Crippen LogP contribution >= 0.6 is 0 Å². The highest BCUT2D eigenvalue weighted by atomic mass is 19.1. The average molecular weight is 373 g/mol. The van der Waals surface area contributed by atoms with Crippen LogP contribution in [0.4, 0.5) is 4.39 Å². The van der Waals surface area contributed by atoms with Crippen LogP contribution in [0, 0.1) is 6.92 Å². The van der Waals surface area contributed by atoms with E-state index in [1.165, 1.54) is 0 Å². The average Bonchev–Trinajstić information content (AvgIpc) is 3.11. The molecule has 3 heteroatoms. The normalized spacial score (nSPS) is 12.5. The van der Waals surface area contributed by atoms with Crippen molar-refractivity contribution in [3.8, 4) is 0 Å². The number of aryl methyl sites for hydroxylation is 2. The highest BCUT2D eigenvalue weighted by molar-refractivity contribution is 6.21. The molecule has 0 saturated carbocycles. The second-order valence-electron chi connectivity index (χ2n) is 7.35. The van der Waals surface area contributed by atoms with Gasteiger partial charge in [-0.05, 0) is 42.2 Å². The van der Waals surface area contributed by atoms with Crippen LogP contribution in [-0.4, -0.2) is 16.5 Å². The Bertz CT molecular complexity index is 1160. The molecule has 1 atom stereocenters. The Morgan fingerprint density at radius 1 is 0.929 bits per heavy atom. The second-order valence-corrected chi connectivity index (χ2v) is 7.35. The van der Waals surface area contributed by atoms with Crippen molar-refractivity contribution in [2.45, 2.75) is 39.4 Å². The number of rotatable bonds is 6. The van der Waals surface area contributed by atoms with Crippen LogP contribution in [0.15, 0.2) is 66.9 Å². The van der Waals surface area contributed by atoms with Crippen molar-refractivity contribution < 1.29 is 9.18 Å². The quantitative estimate of drug-likeness (QED) is 0.355. The van der Waals surface area contributed by atoms with Crippen molar-refractivity contribution in [3.05, 3.63) is 83.6 Å². The first-order valence-electron chi connectivity index (χ1n) is 9.85. The Kier molecular flexibility index (Phi) is 4.99. The smallest absolute Gasteiger partial charge is 0.195 e. The second kappa shape index (κ2) is 7.59. The maximum atomic E-state index is 13.8. The van der Waals surface area contributed by atoms with E-state index in [9.17, 15) is 9.18 Å². The van der Waals surface area contributed by atoms with Gasteiger partial charge in [0.2, 0.25) is 0 Å². The molecule has 4 rings (SSSR count). The summed E-state index contributed by atoms with van der Waals surface area (Å²) < 4.78 is 15.8. The Morgan fingerprint density at radius 3 is 2.36 bits per heavy atom. The summed E-state index contributed by atoms with van der Waals surface area (Å²) in [5.74, 6) is 0.0124. The minimum Gasteiger partial charge on any atom is -0.347 e. The standard InChI is InChI=1S/C25H24FNO/c1-3-18(26)14-15-27-16-23(21-10-6-7-11-24(21)27)25(28)22-13-12-17(2)19-8-4-5-9-20(19)22/h4-13,16,18H,3,14-15H2,1-2H3. The number of aromatic nitrogens is 1. The lowest BCUT2D eigenvalue weighted by molar-refractivity contribution is 0.104. The van der Waals surface area contributed by atoms with Gasteiger partial charge in [-0.2, -0.15) is 0 Å². The van der Waals surface area contributed by atoms with Crippen molar-refractivity contribution in [2.75, 3.05) is 0 Å². The van der Waals surface area contributed by atoms with E-state index < -0.39 is 6.17 Å². The van der Waals surface area contributed by atoms with Crippen LogP contribution in [-0.2, 0) is 6.54 Å². The number of alkyl halides is 1. The molecule has 0 N–H and O–H groups in total. The van der Waals surface area contributed by atoms with Gasteiger partial charge in [0.15, 0.2) is 5.78 Å². The summed E-state index contributed by atoms with van der Waals surface area (Å²) in [6, 6.07) is 19.8. The monoisotopic (exact) mass is 373 g/mol. The number of benzene rings is 3. The van der Waals surface area contributed by atoms with Crippen LogP contribution in [0.3, 0.4) is 0 Å². The number of hydrogen-bond acceptors (Lipinski definition) is 1. The summed E-state index contributed by atoms with van der Waals surface area (Å²) in [5, 5.41) is 2.99. The van der Waals surface area contributed by atoms with E-state index in [0.29, 0.717) is 30.5 Å². The summed E-state index contributed by atoms with van der Waals surface area (Å²) in [4.78, 5) is 13.5. The third-order valence-electron chi connectivity index (χ3n) is 5.55. The molecule has 1 aromatic heterocycles. The molecule has 0 aliphatic heterocycles. The van der Waals surface area contributed by atoms with Gasteiger partial charge in [0.05, 0.1) is 0 Å². The van der Waals surface area contributed by atoms with Crippen molar-refractivity contribution >= 4 is 27.5 Å². The lowest BCUT2D eigenvalue weighted by Gasteiger charge is -2.08. The number of ketones is 1. The fraction of sp³-hybridized carbons (Fsp3) is 0.240. The summed E-state index contributed by atoms with van der Waals surface area (Å²) >= 11 is 0. The SMILES string of the molecule is CCC(F)CCn1cc(C(=O)c2ccc(C)c3ccccc23)c2ccccc21. The molecule has 2 nitrogen and oxygen atoms in total. The first kappa shape index (κ1) is 18.4. The van der Waals surface area contributed by atoms with Crippen LogP contribution in [0.25, 0.3) is 21.7 Å². The highest BCUT2D eigenvalue weighted by Crippen LogP contribution is 2.29. The molecule has 1 unspecified atom stereocenters. The minimum absolute atomic E-state index is 0.0124. The third kappa shape index (κ3) is 3.22. The van der Waals surface area contributed by atoms with Gasteiger partial charge in [-0.15, -0.1) is 0 Å². The Morgan fingerprint density at radius 2 is 1.61 bits per heavy atom. The molecule has 0 bridgehead atoms. The zero-order valence-corrected chi connectivity index (χ0v) is 16.3. The van der Waals surface area contributed by atoms with Crippen LogP contribution in [0.5, 0.6) is 0 Å². The lowest BCUT2D eigenvalue weighted by Crippen LogP contribution is -2.05. The van der Waals surface area contributed by atoms with Gasteiger partial charge in [-0.3, -0.25) is 4.79 Å². The molecule has 0 aliphatic carbocycles. The Balaban J connectivity index is 1.82. The zero-order valence-electron chi connectivity index (χ0n) is 16.3. The maximum Gasteiger partial charge on any atom is 0.195 e. The van der Waals surface area contributed by atoms with E-state index in [2.05, 4.69) is 13.0 Å². The number of nitrogens with zero attached hydrogens (tertiary/aromatic N) is 1. The van der Waals surface area contributed by atoms with Gasteiger partial charge in [0.25, 0.3) is 0 Å². The molecule has 0 aliphatic rings. The molecular weight excluding hydrogens is 349 g/mol. The van der Waals surface area contributed by atoms with Gasteiger partial charge >= 0.3 is 0 Å². The van der Waals surface area contributed by atoms with Crippen LogP contribution in [0.1, 0.15) is 41.3 Å². The summed E-state index contributed by atoms with van der Waals surface area (Å²) in [6.45, 7) is 4.48. The van der Waals surface area contributed by atoms with Crippen molar-refractivity contribution in [3.63, 3.8) is 0 Å². The zero-order chi connectivity index (χ0) is 19.7.